The number of H-pyrrole nitrogens is 1. The second-order valence-corrected chi connectivity index (χ2v) is 13.6. The molecule has 48 heavy (non-hydrogen) atoms. The summed E-state index contributed by atoms with van der Waals surface area (Å²) in [5.74, 6) is -2.14. The molecule has 0 spiro atoms. The fourth-order valence-corrected chi connectivity index (χ4v) is 8.49. The number of benzene rings is 2. The topological polar surface area (TPSA) is 120 Å². The van der Waals surface area contributed by atoms with Crippen molar-refractivity contribution in [1.82, 2.24) is 25.1 Å². The van der Waals surface area contributed by atoms with E-state index in [4.69, 9.17) is 10.5 Å². The average molecular weight is 685 g/mol. The molecule has 9 nitrogen and oxygen atoms in total. The number of aromatic amines is 1. The zero-order chi connectivity index (χ0) is 33.5. The highest BCUT2D eigenvalue weighted by molar-refractivity contribution is 7.23. The van der Waals surface area contributed by atoms with Gasteiger partial charge in [0.05, 0.1) is 39.8 Å². The molecule has 0 unspecified atom stereocenters. The first-order valence-corrected chi connectivity index (χ1v) is 16.1. The van der Waals surface area contributed by atoms with Gasteiger partial charge in [0.1, 0.15) is 41.0 Å². The molecular weight excluding hydrogens is 658 g/mol. The van der Waals surface area contributed by atoms with Crippen LogP contribution in [0.4, 0.5) is 37.2 Å². The summed E-state index contributed by atoms with van der Waals surface area (Å²) in [4.78, 5) is 12.6. The summed E-state index contributed by atoms with van der Waals surface area (Å²) in [7, 11) is 0. The van der Waals surface area contributed by atoms with E-state index in [1.165, 1.54) is 0 Å². The van der Waals surface area contributed by atoms with Gasteiger partial charge in [-0.3, -0.25) is 10.00 Å². The second kappa shape index (κ2) is 11.0. The maximum atomic E-state index is 17.0. The zero-order valence-electron chi connectivity index (χ0n) is 25.1. The molecule has 0 saturated carbocycles. The van der Waals surface area contributed by atoms with Crippen molar-refractivity contribution < 1.29 is 31.1 Å². The van der Waals surface area contributed by atoms with Gasteiger partial charge in [-0.15, -0.1) is 11.3 Å². The molecule has 0 radical (unpaired) electrons. The summed E-state index contributed by atoms with van der Waals surface area (Å²) in [6, 6.07) is 4.26. The third kappa shape index (κ3) is 4.73. The maximum Gasteiger partial charge on any atom is 0.417 e. The molecule has 0 aliphatic carbocycles. The summed E-state index contributed by atoms with van der Waals surface area (Å²) < 4.78 is 97.0. The van der Waals surface area contributed by atoms with Crippen LogP contribution in [-0.2, 0) is 19.1 Å². The molecule has 2 fully saturated rings. The van der Waals surface area contributed by atoms with E-state index in [-0.39, 0.29) is 69.5 Å². The highest BCUT2D eigenvalue weighted by Crippen LogP contribution is 2.48. The van der Waals surface area contributed by atoms with Crippen LogP contribution < -0.4 is 15.4 Å². The van der Waals surface area contributed by atoms with E-state index in [0.29, 0.717) is 37.3 Å². The Kier molecular flexibility index (Phi) is 7.01. The molecular formula is C32H26F6N8OS. The van der Waals surface area contributed by atoms with Gasteiger partial charge in [0, 0.05) is 35.8 Å². The van der Waals surface area contributed by atoms with E-state index >= 15 is 4.39 Å². The smallest absolute Gasteiger partial charge is 0.417 e. The second-order valence-electron chi connectivity index (χ2n) is 12.5. The Hall–Kier alpha value is -4.62. The van der Waals surface area contributed by atoms with E-state index in [1.54, 1.807) is 11.1 Å². The van der Waals surface area contributed by atoms with Gasteiger partial charge >= 0.3 is 12.2 Å². The molecule has 248 valence electrons. The SMILES string of the molecule is N#Cc1c(N)sc2c(F)ccc(-c3c(C(F)(F)F)cc4c(N5CCc6cn[nH]c6C5)nc(OC[C@@]56CCCN5C[C@H](F)C6)nc4c3F)c12. The summed E-state index contributed by atoms with van der Waals surface area (Å²) in [6.45, 7) is 1.52. The number of thiophene rings is 1. The zero-order valence-corrected chi connectivity index (χ0v) is 25.9. The first-order chi connectivity index (χ1) is 23.0. The highest BCUT2D eigenvalue weighted by atomic mass is 32.1. The van der Waals surface area contributed by atoms with Crippen LogP contribution in [0.1, 0.15) is 41.6 Å². The molecule has 2 atom stereocenters. The number of alkyl halides is 4. The number of anilines is 2. The molecule has 8 rings (SSSR count). The van der Waals surface area contributed by atoms with Gasteiger partial charge in [0.15, 0.2) is 5.82 Å². The van der Waals surface area contributed by atoms with E-state index in [1.807, 2.05) is 11.0 Å². The molecule has 0 amide bonds. The van der Waals surface area contributed by atoms with Crippen LogP contribution in [-0.4, -0.2) is 63.0 Å². The molecule has 16 heteroatoms. The first kappa shape index (κ1) is 30.7. The highest BCUT2D eigenvalue weighted by Gasteiger charge is 2.49. The monoisotopic (exact) mass is 684 g/mol. The number of hydrogen-bond acceptors (Lipinski definition) is 9. The standard InChI is InChI=1S/C32H26F6N8OS/c33-16-9-31(5-1-6-46(31)12-16)14-47-30-42-26-18(29(43-30)45-7-4-15-11-41-44-22(15)13-45)8-20(32(36,37)38)24(25(26)35)17-2-3-21(34)27-23(17)19(10-39)28(40)48-27/h2-3,8,11,16H,1,4-7,9,12-14,40H2,(H,41,44)/t16-,31+/m1/s1. The molecule has 3 aliphatic heterocycles. The number of rotatable bonds is 5. The molecule has 5 aromatic rings. The van der Waals surface area contributed by atoms with Gasteiger partial charge in [-0.05, 0) is 49.1 Å². The van der Waals surface area contributed by atoms with Crippen molar-refractivity contribution in [2.24, 2.45) is 0 Å². The van der Waals surface area contributed by atoms with Gasteiger partial charge < -0.3 is 15.4 Å². The fraction of sp³-hybridized carbons (Fsp3) is 0.375. The van der Waals surface area contributed by atoms with Crippen molar-refractivity contribution >= 4 is 43.1 Å². The first-order valence-electron chi connectivity index (χ1n) is 15.3. The number of aromatic nitrogens is 4. The Morgan fingerprint density at radius 1 is 1.21 bits per heavy atom. The lowest BCUT2D eigenvalue weighted by molar-refractivity contribution is -0.137. The minimum absolute atomic E-state index is 0.0104. The molecule has 6 heterocycles. The molecule has 0 bridgehead atoms. The van der Waals surface area contributed by atoms with Crippen LogP contribution in [0.15, 0.2) is 24.4 Å². The fourth-order valence-electron chi connectivity index (χ4n) is 7.54. The van der Waals surface area contributed by atoms with Crippen molar-refractivity contribution in [2.75, 3.05) is 36.9 Å². The lowest BCUT2D eigenvalue weighted by Gasteiger charge is -2.31. The van der Waals surface area contributed by atoms with Crippen LogP contribution >= 0.6 is 11.3 Å². The van der Waals surface area contributed by atoms with Crippen LogP contribution in [0.5, 0.6) is 6.01 Å². The van der Waals surface area contributed by atoms with Crippen LogP contribution in [0.25, 0.3) is 32.1 Å². The number of ether oxygens (including phenoxy) is 1. The average Bonchev–Trinajstić information content (AvgIpc) is 3.81. The summed E-state index contributed by atoms with van der Waals surface area (Å²) >= 11 is 0.692. The van der Waals surface area contributed by atoms with Crippen LogP contribution in [0.2, 0.25) is 0 Å². The Balaban J connectivity index is 1.35. The number of nitrogens with two attached hydrogens (primary N) is 1. The number of nitriles is 1. The normalized spacial score (nSPS) is 21.2. The number of halogens is 6. The Bertz CT molecular complexity index is 2160. The summed E-state index contributed by atoms with van der Waals surface area (Å²) in [6.07, 6.45) is -2.15. The minimum Gasteiger partial charge on any atom is -0.461 e. The molecule has 3 aliphatic rings. The maximum absolute atomic E-state index is 17.0. The number of nitrogens with one attached hydrogen (secondary N) is 1. The third-order valence-electron chi connectivity index (χ3n) is 9.73. The van der Waals surface area contributed by atoms with Crippen molar-refractivity contribution in [3.8, 4) is 23.2 Å². The predicted molar refractivity (Wildman–Crippen MR) is 166 cm³/mol. The Labute approximate surface area is 272 Å². The van der Waals surface area contributed by atoms with Gasteiger partial charge in [0.25, 0.3) is 0 Å². The quantitative estimate of drug-likeness (QED) is 0.201. The number of nitrogen functional groups attached to an aromatic ring is 1. The van der Waals surface area contributed by atoms with Crippen LogP contribution in [0, 0.1) is 23.0 Å². The molecule has 3 aromatic heterocycles. The van der Waals surface area contributed by atoms with E-state index < -0.39 is 46.2 Å². The van der Waals surface area contributed by atoms with Crippen LogP contribution in [0.3, 0.4) is 0 Å². The van der Waals surface area contributed by atoms with Crippen molar-refractivity contribution in [2.45, 2.75) is 50.1 Å². The summed E-state index contributed by atoms with van der Waals surface area (Å²) in [5.41, 5.74) is 3.70. The van der Waals surface area contributed by atoms with E-state index in [0.717, 1.165) is 35.9 Å². The van der Waals surface area contributed by atoms with Gasteiger partial charge in [-0.25, -0.2) is 13.2 Å². The lowest BCUT2D eigenvalue weighted by Crippen LogP contribution is -2.43. The Morgan fingerprint density at radius 3 is 2.83 bits per heavy atom. The molecule has 2 aromatic carbocycles. The molecule has 3 N–H and O–H groups in total. The van der Waals surface area contributed by atoms with Gasteiger partial charge in [0.2, 0.25) is 0 Å². The minimum atomic E-state index is -5.08. The Morgan fingerprint density at radius 2 is 2.04 bits per heavy atom. The third-order valence-corrected chi connectivity index (χ3v) is 10.8. The van der Waals surface area contributed by atoms with E-state index in [9.17, 15) is 27.2 Å². The van der Waals surface area contributed by atoms with Gasteiger partial charge in [-0.1, -0.05) is 6.07 Å². The van der Waals surface area contributed by atoms with Crippen molar-refractivity contribution in [1.29, 1.82) is 5.26 Å². The van der Waals surface area contributed by atoms with Crippen molar-refractivity contribution in [3.63, 3.8) is 0 Å². The number of fused-ring (bicyclic) bond motifs is 4. The van der Waals surface area contributed by atoms with Crippen molar-refractivity contribution in [3.05, 3.63) is 58.4 Å². The summed E-state index contributed by atoms with van der Waals surface area (Å²) in [5, 5.41) is 16.2. The van der Waals surface area contributed by atoms with E-state index in [2.05, 4.69) is 20.2 Å². The number of nitrogens with zero attached hydrogens (tertiary/aromatic N) is 6. The molecule has 2 saturated heterocycles. The number of hydrogen-bond donors (Lipinski definition) is 2. The lowest BCUT2D eigenvalue weighted by atomic mass is 9.92. The predicted octanol–water partition coefficient (Wildman–Crippen LogP) is 6.50. The largest absolute Gasteiger partial charge is 0.461 e. The van der Waals surface area contributed by atoms with Gasteiger partial charge in [-0.2, -0.15) is 33.5 Å².